The maximum atomic E-state index is 3.92. The van der Waals surface area contributed by atoms with Crippen molar-refractivity contribution in [3.8, 4) is 0 Å². The molecule has 0 aromatic carbocycles. The van der Waals surface area contributed by atoms with Crippen LogP contribution in [0.3, 0.4) is 0 Å². The van der Waals surface area contributed by atoms with Crippen molar-refractivity contribution in [2.75, 3.05) is 0 Å². The van der Waals surface area contributed by atoms with Crippen molar-refractivity contribution in [2.24, 2.45) is 5.92 Å². The van der Waals surface area contributed by atoms with Gasteiger partial charge in [-0.2, -0.15) is 0 Å². The average Bonchev–Trinajstić information content (AvgIpc) is 2.75. The highest BCUT2D eigenvalue weighted by Crippen LogP contribution is 2.18. The van der Waals surface area contributed by atoms with E-state index in [1.807, 2.05) is 0 Å². The Labute approximate surface area is 193 Å². The summed E-state index contributed by atoms with van der Waals surface area (Å²) in [5.74, 6) is 0.935. The number of rotatable bonds is 25. The molecule has 0 bridgehead atoms. The zero-order valence-corrected chi connectivity index (χ0v) is 21.1. The predicted molar refractivity (Wildman–Crippen MR) is 140 cm³/mol. The first-order chi connectivity index (χ1) is 14.8. The summed E-state index contributed by atoms with van der Waals surface area (Å²) >= 11 is 0. The number of hydrogen-bond acceptors (Lipinski definition) is 0. The molecule has 0 aliphatic carbocycles. The third-order valence-electron chi connectivity index (χ3n) is 6.55. The number of allylic oxidation sites excluding steroid dienone is 2. The molecule has 0 saturated carbocycles. The molecule has 0 aromatic rings. The highest BCUT2D eigenvalue weighted by atomic mass is 14.1. The van der Waals surface area contributed by atoms with E-state index in [0.29, 0.717) is 0 Å². The summed E-state index contributed by atoms with van der Waals surface area (Å²) in [5, 5.41) is 0. The van der Waals surface area contributed by atoms with Crippen LogP contribution in [-0.4, -0.2) is 0 Å². The highest BCUT2D eigenvalue weighted by Gasteiger charge is 2.02. The van der Waals surface area contributed by atoms with Gasteiger partial charge in [0.1, 0.15) is 0 Å². The van der Waals surface area contributed by atoms with Gasteiger partial charge in [-0.3, -0.25) is 0 Å². The molecule has 1 atom stereocenters. The maximum absolute atomic E-state index is 3.92. The number of hydrogen-bond donors (Lipinski definition) is 0. The lowest BCUT2D eigenvalue weighted by Gasteiger charge is -2.10. The maximum Gasteiger partial charge on any atom is -0.0351 e. The van der Waals surface area contributed by atoms with Crippen LogP contribution in [0.2, 0.25) is 0 Å². The molecule has 0 aromatic heterocycles. The normalized spacial score (nSPS) is 12.8. The molecule has 0 nitrogen and oxygen atoms in total. The second-order valence-corrected chi connectivity index (χ2v) is 9.80. The molecule has 0 aliphatic rings. The molecule has 0 fully saturated rings. The van der Waals surface area contributed by atoms with Crippen LogP contribution in [0, 0.1) is 19.8 Å². The highest BCUT2D eigenvalue weighted by molar-refractivity contribution is 4.81. The largest absolute Gasteiger partial charge is 0.0885 e. The van der Waals surface area contributed by atoms with Crippen molar-refractivity contribution in [3.63, 3.8) is 0 Å². The van der Waals surface area contributed by atoms with Gasteiger partial charge < -0.3 is 0 Å². The van der Waals surface area contributed by atoms with E-state index >= 15 is 0 Å². The molecular weight excluding hydrogens is 360 g/mol. The quantitative estimate of drug-likeness (QED) is 0.102. The van der Waals surface area contributed by atoms with Gasteiger partial charge in [-0.15, -0.1) is 0 Å². The van der Waals surface area contributed by atoms with Gasteiger partial charge in [0, 0.05) is 0 Å². The van der Waals surface area contributed by atoms with Crippen LogP contribution in [0.4, 0.5) is 0 Å². The third-order valence-corrected chi connectivity index (χ3v) is 6.55. The van der Waals surface area contributed by atoms with Gasteiger partial charge in [0.2, 0.25) is 0 Å². The molecular formula is C30H58. The SMILES string of the molecule is [CH2]CCCC/C=C/CCCCC(C)CCCCCCCCCCCCCCCC[CH2]. The van der Waals surface area contributed by atoms with E-state index in [0.717, 1.165) is 18.8 Å². The molecule has 0 rings (SSSR count). The summed E-state index contributed by atoms with van der Waals surface area (Å²) in [4.78, 5) is 0. The van der Waals surface area contributed by atoms with Gasteiger partial charge in [-0.25, -0.2) is 0 Å². The summed E-state index contributed by atoms with van der Waals surface area (Å²) in [6.45, 7) is 10.3. The average molecular weight is 419 g/mol. The molecule has 30 heavy (non-hydrogen) atoms. The lowest BCUT2D eigenvalue weighted by atomic mass is 9.96. The molecule has 0 heterocycles. The summed E-state index contributed by atoms with van der Waals surface area (Å²) in [6, 6.07) is 0. The fourth-order valence-electron chi connectivity index (χ4n) is 4.36. The third kappa shape index (κ3) is 25.8. The Morgan fingerprint density at radius 1 is 0.433 bits per heavy atom. The second kappa shape index (κ2) is 26.8. The molecule has 2 radical (unpaired) electrons. The first-order valence-electron chi connectivity index (χ1n) is 14.0. The van der Waals surface area contributed by atoms with E-state index in [2.05, 4.69) is 32.9 Å². The Bertz CT molecular complexity index is 316. The minimum Gasteiger partial charge on any atom is -0.0885 e. The van der Waals surface area contributed by atoms with Crippen LogP contribution >= 0.6 is 0 Å². The van der Waals surface area contributed by atoms with Crippen molar-refractivity contribution in [3.05, 3.63) is 26.0 Å². The van der Waals surface area contributed by atoms with Gasteiger partial charge in [0.05, 0.1) is 0 Å². The zero-order valence-electron chi connectivity index (χ0n) is 21.1. The summed E-state index contributed by atoms with van der Waals surface area (Å²) in [7, 11) is 0. The van der Waals surface area contributed by atoms with Crippen LogP contribution < -0.4 is 0 Å². The molecule has 0 amide bonds. The molecule has 178 valence electrons. The zero-order chi connectivity index (χ0) is 22.0. The van der Waals surface area contributed by atoms with Gasteiger partial charge in [0.15, 0.2) is 0 Å². The van der Waals surface area contributed by atoms with Crippen LogP contribution in [0.25, 0.3) is 0 Å². The molecule has 0 N–H and O–H groups in total. The van der Waals surface area contributed by atoms with E-state index < -0.39 is 0 Å². The smallest absolute Gasteiger partial charge is 0.0351 e. The van der Waals surface area contributed by atoms with E-state index in [1.165, 1.54) is 141 Å². The van der Waals surface area contributed by atoms with Crippen molar-refractivity contribution >= 4 is 0 Å². The topological polar surface area (TPSA) is 0 Å². The fourth-order valence-corrected chi connectivity index (χ4v) is 4.36. The molecule has 0 heteroatoms. The van der Waals surface area contributed by atoms with Gasteiger partial charge in [0.25, 0.3) is 0 Å². The Kier molecular flexibility index (Phi) is 26.5. The van der Waals surface area contributed by atoms with E-state index in [-0.39, 0.29) is 0 Å². The molecule has 0 aliphatic heterocycles. The standard InChI is InChI=1S/C30H58/c1-4-6-8-10-12-14-15-16-17-18-19-21-23-25-27-29-30(3)28-26-24-22-20-13-11-9-7-5-2/h13,20,30H,1-2,4-12,14-19,21-29H2,3H3/b20-13+. The Morgan fingerprint density at radius 2 is 0.733 bits per heavy atom. The van der Waals surface area contributed by atoms with Crippen LogP contribution in [0.15, 0.2) is 12.2 Å². The summed E-state index contributed by atoms with van der Waals surface area (Å²) in [6.07, 6.45) is 38.1. The lowest BCUT2D eigenvalue weighted by molar-refractivity contribution is 0.437. The summed E-state index contributed by atoms with van der Waals surface area (Å²) < 4.78 is 0. The summed E-state index contributed by atoms with van der Waals surface area (Å²) in [5.41, 5.74) is 0. The monoisotopic (exact) mass is 418 g/mol. The van der Waals surface area contributed by atoms with Gasteiger partial charge >= 0.3 is 0 Å². The van der Waals surface area contributed by atoms with Crippen LogP contribution in [-0.2, 0) is 0 Å². The lowest BCUT2D eigenvalue weighted by Crippen LogP contribution is -1.95. The minimum absolute atomic E-state index is 0.935. The Morgan fingerprint density at radius 3 is 1.17 bits per heavy atom. The minimum atomic E-state index is 0.935. The molecule has 0 spiro atoms. The van der Waals surface area contributed by atoms with Gasteiger partial charge in [-0.05, 0) is 31.6 Å². The van der Waals surface area contributed by atoms with Crippen LogP contribution in [0.1, 0.15) is 161 Å². The Hall–Kier alpha value is -0.260. The van der Waals surface area contributed by atoms with E-state index in [9.17, 15) is 0 Å². The van der Waals surface area contributed by atoms with Crippen LogP contribution in [0.5, 0.6) is 0 Å². The number of unbranched alkanes of at least 4 members (excludes halogenated alkanes) is 19. The van der Waals surface area contributed by atoms with Crippen molar-refractivity contribution in [1.82, 2.24) is 0 Å². The van der Waals surface area contributed by atoms with Gasteiger partial charge in [-0.1, -0.05) is 161 Å². The molecule has 1 unspecified atom stereocenters. The first-order valence-corrected chi connectivity index (χ1v) is 14.0. The van der Waals surface area contributed by atoms with Crippen molar-refractivity contribution < 1.29 is 0 Å². The predicted octanol–water partition coefficient (Wildman–Crippen LogP) is 11.2. The molecule has 0 saturated heterocycles. The van der Waals surface area contributed by atoms with E-state index in [1.54, 1.807) is 0 Å². The second-order valence-electron chi connectivity index (χ2n) is 9.80. The van der Waals surface area contributed by atoms with Crippen molar-refractivity contribution in [1.29, 1.82) is 0 Å². The fraction of sp³-hybridized carbons (Fsp3) is 0.867. The Balaban J connectivity index is 3.16. The van der Waals surface area contributed by atoms with E-state index in [4.69, 9.17) is 0 Å². The first kappa shape index (κ1) is 29.7. The van der Waals surface area contributed by atoms with Crippen molar-refractivity contribution in [2.45, 2.75) is 161 Å².